The number of nitrogens with zero attached hydrogens (tertiary/aromatic N) is 1. The summed E-state index contributed by atoms with van der Waals surface area (Å²) in [6, 6.07) is 7.73. The minimum absolute atomic E-state index is 0.296. The molecular formula is C11H11NO2. The average Bonchev–Trinajstić information content (AvgIpc) is 2.18. The topological polar surface area (TPSA) is 43.1 Å². The van der Waals surface area contributed by atoms with Crippen LogP contribution in [0, 0.1) is 22.0 Å². The van der Waals surface area contributed by atoms with Crippen molar-refractivity contribution in [2.24, 2.45) is 0 Å². The van der Waals surface area contributed by atoms with Crippen LogP contribution in [0.25, 0.3) is 0 Å². The second-order valence-corrected chi connectivity index (χ2v) is 2.84. The summed E-state index contributed by atoms with van der Waals surface area (Å²) in [6.07, 6.45) is 0.989. The minimum Gasteiger partial charge on any atom is -0.264 e. The molecule has 0 N–H and O–H groups in total. The standard InChI is InChI=1S/C11H11NO2/c1-2-10-5-7-11(8-6-10)4-3-9-12(13)14/h5-8H,2,9H2,1H3. The highest BCUT2D eigenvalue weighted by Crippen LogP contribution is 2.03. The van der Waals surface area contributed by atoms with Gasteiger partial charge in [-0.3, -0.25) is 10.1 Å². The number of benzene rings is 1. The zero-order valence-electron chi connectivity index (χ0n) is 7.99. The molecule has 0 bridgehead atoms. The van der Waals surface area contributed by atoms with Crippen molar-refractivity contribution in [1.29, 1.82) is 0 Å². The third-order valence-electron chi connectivity index (χ3n) is 1.80. The maximum Gasteiger partial charge on any atom is 0.263 e. The second-order valence-electron chi connectivity index (χ2n) is 2.84. The van der Waals surface area contributed by atoms with Gasteiger partial charge in [-0.2, -0.15) is 0 Å². The maximum atomic E-state index is 9.99. The van der Waals surface area contributed by atoms with Crippen molar-refractivity contribution in [2.75, 3.05) is 6.54 Å². The van der Waals surface area contributed by atoms with Crippen molar-refractivity contribution >= 4 is 0 Å². The Balaban J connectivity index is 2.66. The zero-order chi connectivity index (χ0) is 10.4. The molecule has 3 heteroatoms. The van der Waals surface area contributed by atoms with Gasteiger partial charge in [0, 0.05) is 10.5 Å². The molecule has 0 atom stereocenters. The quantitative estimate of drug-likeness (QED) is 0.405. The lowest BCUT2D eigenvalue weighted by atomic mass is 10.1. The third kappa shape index (κ3) is 3.28. The van der Waals surface area contributed by atoms with Gasteiger partial charge in [-0.15, -0.1) is 0 Å². The Labute approximate surface area is 82.9 Å². The average molecular weight is 189 g/mol. The van der Waals surface area contributed by atoms with Crippen LogP contribution in [0.5, 0.6) is 0 Å². The lowest BCUT2D eigenvalue weighted by Gasteiger charge is -1.94. The monoisotopic (exact) mass is 189 g/mol. The van der Waals surface area contributed by atoms with Gasteiger partial charge in [0.2, 0.25) is 0 Å². The summed E-state index contributed by atoms with van der Waals surface area (Å²) in [7, 11) is 0. The molecule has 3 nitrogen and oxygen atoms in total. The highest BCUT2D eigenvalue weighted by Gasteiger charge is 1.90. The summed E-state index contributed by atoms with van der Waals surface area (Å²) >= 11 is 0. The highest BCUT2D eigenvalue weighted by molar-refractivity contribution is 5.36. The second kappa shape index (κ2) is 5.03. The smallest absolute Gasteiger partial charge is 0.263 e. The number of rotatable bonds is 2. The highest BCUT2D eigenvalue weighted by atomic mass is 16.6. The van der Waals surface area contributed by atoms with E-state index in [2.05, 4.69) is 18.8 Å². The first-order valence-electron chi connectivity index (χ1n) is 4.42. The van der Waals surface area contributed by atoms with Crippen LogP contribution in [0.1, 0.15) is 18.1 Å². The molecule has 0 saturated carbocycles. The summed E-state index contributed by atoms with van der Waals surface area (Å²) in [5.74, 6) is 5.23. The zero-order valence-corrected chi connectivity index (χ0v) is 7.99. The van der Waals surface area contributed by atoms with Crippen LogP contribution >= 0.6 is 0 Å². The molecule has 0 aliphatic carbocycles. The number of hydrogen-bond acceptors (Lipinski definition) is 2. The molecule has 0 aromatic heterocycles. The molecule has 14 heavy (non-hydrogen) atoms. The van der Waals surface area contributed by atoms with E-state index < -0.39 is 4.92 Å². The number of hydrogen-bond donors (Lipinski definition) is 0. The first-order chi connectivity index (χ1) is 6.72. The molecule has 0 spiro atoms. The van der Waals surface area contributed by atoms with E-state index in [1.165, 1.54) is 5.56 Å². The van der Waals surface area contributed by atoms with E-state index in [0.29, 0.717) is 0 Å². The maximum absolute atomic E-state index is 9.99. The summed E-state index contributed by atoms with van der Waals surface area (Å²) in [5.41, 5.74) is 2.06. The van der Waals surface area contributed by atoms with E-state index in [1.54, 1.807) is 0 Å². The lowest BCUT2D eigenvalue weighted by molar-refractivity contribution is -0.466. The Kier molecular flexibility index (Phi) is 3.69. The largest absolute Gasteiger partial charge is 0.264 e. The Morgan fingerprint density at radius 3 is 2.50 bits per heavy atom. The van der Waals surface area contributed by atoms with Crippen LogP contribution in [0.2, 0.25) is 0 Å². The fourth-order valence-corrected chi connectivity index (χ4v) is 1.03. The van der Waals surface area contributed by atoms with Crippen molar-refractivity contribution in [3.05, 3.63) is 45.5 Å². The molecular weight excluding hydrogens is 178 g/mol. The van der Waals surface area contributed by atoms with E-state index in [0.717, 1.165) is 12.0 Å². The van der Waals surface area contributed by atoms with Gasteiger partial charge in [0.15, 0.2) is 0 Å². The molecule has 1 aromatic carbocycles. The van der Waals surface area contributed by atoms with Gasteiger partial charge >= 0.3 is 0 Å². The molecule has 0 radical (unpaired) electrons. The SMILES string of the molecule is CCc1ccc(C#CC[N+](=O)[O-])cc1. The van der Waals surface area contributed by atoms with E-state index in [4.69, 9.17) is 0 Å². The van der Waals surface area contributed by atoms with Crippen LogP contribution in [0.15, 0.2) is 24.3 Å². The van der Waals surface area contributed by atoms with Gasteiger partial charge < -0.3 is 0 Å². The first kappa shape index (κ1) is 10.3. The van der Waals surface area contributed by atoms with Crippen LogP contribution in [0.4, 0.5) is 0 Å². The Bertz CT molecular complexity index is 371. The fraction of sp³-hybridized carbons (Fsp3) is 0.273. The van der Waals surface area contributed by atoms with E-state index in [1.807, 2.05) is 24.3 Å². The van der Waals surface area contributed by atoms with E-state index >= 15 is 0 Å². The van der Waals surface area contributed by atoms with Crippen LogP contribution in [-0.4, -0.2) is 11.5 Å². The number of aryl methyl sites for hydroxylation is 1. The van der Waals surface area contributed by atoms with Crippen LogP contribution in [-0.2, 0) is 6.42 Å². The van der Waals surface area contributed by atoms with Crippen molar-refractivity contribution in [1.82, 2.24) is 0 Å². The van der Waals surface area contributed by atoms with E-state index in [-0.39, 0.29) is 6.54 Å². The molecule has 72 valence electrons. The van der Waals surface area contributed by atoms with Gasteiger partial charge in [0.25, 0.3) is 6.54 Å². The predicted octanol–water partition coefficient (Wildman–Crippen LogP) is 1.88. The first-order valence-corrected chi connectivity index (χ1v) is 4.42. The summed E-state index contributed by atoms with van der Waals surface area (Å²) < 4.78 is 0. The molecule has 0 aliphatic heterocycles. The predicted molar refractivity (Wildman–Crippen MR) is 54.6 cm³/mol. The normalized spacial score (nSPS) is 8.93. The Morgan fingerprint density at radius 1 is 1.36 bits per heavy atom. The van der Waals surface area contributed by atoms with Gasteiger partial charge in [-0.1, -0.05) is 25.0 Å². The third-order valence-corrected chi connectivity index (χ3v) is 1.80. The van der Waals surface area contributed by atoms with Crippen LogP contribution < -0.4 is 0 Å². The lowest BCUT2D eigenvalue weighted by Crippen LogP contribution is -1.96. The summed E-state index contributed by atoms with van der Waals surface area (Å²) in [6.45, 7) is 1.78. The molecule has 0 saturated heterocycles. The molecule has 0 fully saturated rings. The van der Waals surface area contributed by atoms with Crippen molar-refractivity contribution < 1.29 is 4.92 Å². The minimum atomic E-state index is -0.437. The molecule has 0 aliphatic rings. The molecule has 0 unspecified atom stereocenters. The van der Waals surface area contributed by atoms with Crippen molar-refractivity contribution in [3.63, 3.8) is 0 Å². The summed E-state index contributed by atoms with van der Waals surface area (Å²) in [4.78, 5) is 9.56. The van der Waals surface area contributed by atoms with Gasteiger partial charge in [-0.25, -0.2) is 0 Å². The fourth-order valence-electron chi connectivity index (χ4n) is 1.03. The summed E-state index contributed by atoms with van der Waals surface area (Å²) in [5, 5.41) is 9.99. The van der Waals surface area contributed by atoms with Crippen molar-refractivity contribution in [2.45, 2.75) is 13.3 Å². The van der Waals surface area contributed by atoms with Gasteiger partial charge in [0.1, 0.15) is 0 Å². The van der Waals surface area contributed by atoms with Crippen molar-refractivity contribution in [3.8, 4) is 11.8 Å². The Morgan fingerprint density at radius 2 is 2.00 bits per heavy atom. The van der Waals surface area contributed by atoms with Gasteiger partial charge in [-0.05, 0) is 30.0 Å². The van der Waals surface area contributed by atoms with Crippen LogP contribution in [0.3, 0.4) is 0 Å². The molecule has 0 amide bonds. The number of nitro groups is 1. The Hall–Kier alpha value is -1.82. The van der Waals surface area contributed by atoms with E-state index in [9.17, 15) is 10.1 Å². The van der Waals surface area contributed by atoms with Gasteiger partial charge in [0.05, 0.1) is 0 Å². The molecule has 0 heterocycles. The molecule has 1 aromatic rings. The molecule has 1 rings (SSSR count).